The number of nitrogens with zero attached hydrogens (tertiary/aromatic N) is 1. The number of fused-ring (bicyclic) bond motifs is 4. The lowest BCUT2D eigenvalue weighted by Gasteiger charge is -2.20. The number of carbonyl (C=O) groups is 2. The zero-order valence-electron chi connectivity index (χ0n) is 18.7. The van der Waals surface area contributed by atoms with Gasteiger partial charge >= 0.3 is 18.2 Å². The van der Waals surface area contributed by atoms with E-state index in [0.717, 1.165) is 11.6 Å². The number of alkyl halides is 3. The highest BCUT2D eigenvalue weighted by atomic mass is 19.4. The molecule has 1 aromatic heterocycles. The van der Waals surface area contributed by atoms with Gasteiger partial charge in [0.1, 0.15) is 35.0 Å². The van der Waals surface area contributed by atoms with Gasteiger partial charge in [-0.2, -0.15) is 13.2 Å². The molecule has 0 bridgehead atoms. The number of anilines is 2. The minimum Gasteiger partial charge on any atom is -0.487 e. The quantitative estimate of drug-likeness (QED) is 0.376. The second-order valence-corrected chi connectivity index (χ2v) is 8.67. The number of ether oxygens (including phenoxy) is 2. The average Bonchev–Trinajstić information content (AvgIpc) is 3.35. The molecule has 190 valence electrons. The van der Waals surface area contributed by atoms with Gasteiger partial charge in [0.25, 0.3) is 0 Å². The standard InChI is InChI=1S/C24H17F4N5O4/c25-15-3-1-10(7-14(15)24(26,27)28)31-23(35)32-19-18-12-8-11(2-4-16(12)37-20(18)19)36-17-5-6-29-21-13(17)9-30-22(34)33-21/h1-8,18-20H,9H2,(H2,31,32,35)(H2,29,30,33,34)/t18-,19-,20-/m0/s1. The van der Waals surface area contributed by atoms with Crippen molar-refractivity contribution in [2.75, 3.05) is 10.6 Å². The largest absolute Gasteiger partial charge is 0.487 e. The van der Waals surface area contributed by atoms with Crippen LogP contribution in [0.4, 0.5) is 38.7 Å². The normalized spacial score (nSPS) is 20.9. The van der Waals surface area contributed by atoms with Crippen LogP contribution in [-0.2, 0) is 12.7 Å². The zero-order chi connectivity index (χ0) is 25.9. The maximum absolute atomic E-state index is 13.5. The highest BCUT2D eigenvalue weighted by Gasteiger charge is 2.59. The first-order chi connectivity index (χ1) is 17.7. The van der Waals surface area contributed by atoms with Crippen LogP contribution >= 0.6 is 0 Å². The van der Waals surface area contributed by atoms with E-state index in [2.05, 4.69) is 26.3 Å². The minimum absolute atomic E-state index is 0.171. The van der Waals surface area contributed by atoms with E-state index >= 15 is 0 Å². The number of rotatable bonds is 4. The van der Waals surface area contributed by atoms with Gasteiger partial charge < -0.3 is 25.4 Å². The van der Waals surface area contributed by atoms with Gasteiger partial charge in [-0.05, 0) is 42.5 Å². The fourth-order valence-corrected chi connectivity index (χ4v) is 4.51. The Hall–Kier alpha value is -4.55. The number of benzene rings is 2. The van der Waals surface area contributed by atoms with Crippen molar-refractivity contribution in [3.05, 3.63) is 71.2 Å². The number of pyridine rings is 1. The lowest BCUT2D eigenvalue weighted by molar-refractivity contribution is -0.139. The van der Waals surface area contributed by atoms with Gasteiger partial charge in [-0.3, -0.25) is 5.32 Å². The van der Waals surface area contributed by atoms with E-state index in [1.165, 1.54) is 6.20 Å². The van der Waals surface area contributed by atoms with Crippen LogP contribution in [0.2, 0.25) is 0 Å². The summed E-state index contributed by atoms with van der Waals surface area (Å²) in [5, 5.41) is 10.3. The smallest absolute Gasteiger partial charge is 0.419 e. The molecule has 2 aromatic carbocycles. The summed E-state index contributed by atoms with van der Waals surface area (Å²) in [6.07, 6.45) is -3.70. The van der Waals surface area contributed by atoms with E-state index in [1.807, 2.05) is 0 Å². The van der Waals surface area contributed by atoms with Crippen molar-refractivity contribution in [1.82, 2.24) is 15.6 Å². The number of amides is 4. The Bertz CT molecular complexity index is 1450. The van der Waals surface area contributed by atoms with Crippen LogP contribution in [0.3, 0.4) is 0 Å². The molecular weight excluding hydrogens is 498 g/mol. The van der Waals surface area contributed by atoms with Crippen molar-refractivity contribution in [1.29, 1.82) is 0 Å². The van der Waals surface area contributed by atoms with Crippen molar-refractivity contribution in [3.63, 3.8) is 0 Å². The summed E-state index contributed by atoms with van der Waals surface area (Å²) in [4.78, 5) is 28.1. The van der Waals surface area contributed by atoms with Gasteiger partial charge in [-0.25, -0.2) is 19.0 Å². The molecule has 37 heavy (non-hydrogen) atoms. The first-order valence-electron chi connectivity index (χ1n) is 11.1. The van der Waals surface area contributed by atoms with E-state index in [0.29, 0.717) is 40.8 Å². The molecule has 0 unspecified atom stereocenters. The second kappa shape index (κ2) is 8.25. The second-order valence-electron chi connectivity index (χ2n) is 8.67. The number of urea groups is 2. The van der Waals surface area contributed by atoms with Crippen molar-refractivity contribution in [2.45, 2.75) is 30.8 Å². The van der Waals surface area contributed by atoms with Crippen molar-refractivity contribution in [2.24, 2.45) is 0 Å². The topological polar surface area (TPSA) is 114 Å². The summed E-state index contributed by atoms with van der Waals surface area (Å²) >= 11 is 0. The van der Waals surface area contributed by atoms with Crippen molar-refractivity contribution >= 4 is 23.6 Å². The Morgan fingerprint density at radius 3 is 2.81 bits per heavy atom. The Morgan fingerprint density at radius 1 is 1.16 bits per heavy atom. The molecule has 4 N–H and O–H groups in total. The molecule has 3 aliphatic rings. The summed E-state index contributed by atoms with van der Waals surface area (Å²) in [5.41, 5.74) is -0.162. The molecule has 6 rings (SSSR count). The fraction of sp³-hybridized carbons (Fsp3) is 0.208. The van der Waals surface area contributed by atoms with Gasteiger partial charge in [0.2, 0.25) is 0 Å². The molecule has 13 heteroatoms. The number of halogens is 4. The van der Waals surface area contributed by atoms with Gasteiger partial charge in [-0.15, -0.1) is 0 Å². The SMILES string of the molecule is O=C1NCc2c(Oc3ccc4c(c3)[C@H]3[C@H](NC(=O)Nc5ccc(F)c(C(F)(F)F)c5)[C@H]3O4)ccnc2N1. The highest BCUT2D eigenvalue weighted by molar-refractivity contribution is 5.91. The molecule has 0 radical (unpaired) electrons. The van der Waals surface area contributed by atoms with Crippen LogP contribution in [0.25, 0.3) is 0 Å². The third kappa shape index (κ3) is 4.21. The fourth-order valence-electron chi connectivity index (χ4n) is 4.51. The van der Waals surface area contributed by atoms with Crippen LogP contribution in [0, 0.1) is 5.82 Å². The summed E-state index contributed by atoms with van der Waals surface area (Å²) in [5.74, 6) is 0.471. The van der Waals surface area contributed by atoms with E-state index in [1.54, 1.807) is 24.3 Å². The lowest BCUT2D eigenvalue weighted by Crippen LogP contribution is -2.34. The lowest BCUT2D eigenvalue weighted by atomic mass is 10.1. The molecular formula is C24H17F4N5O4. The van der Waals surface area contributed by atoms with Crippen molar-refractivity contribution < 1.29 is 36.6 Å². The summed E-state index contributed by atoms with van der Waals surface area (Å²) in [7, 11) is 0. The summed E-state index contributed by atoms with van der Waals surface area (Å²) in [6, 6.07) is 7.68. The number of hydrogen-bond acceptors (Lipinski definition) is 5. The molecule has 3 heterocycles. The third-order valence-corrected chi connectivity index (χ3v) is 6.28. The number of nitrogens with one attached hydrogen (secondary N) is 4. The Labute approximate surface area is 206 Å². The van der Waals surface area contributed by atoms with Gasteiger partial charge in [0.05, 0.1) is 29.6 Å². The van der Waals surface area contributed by atoms with E-state index in [4.69, 9.17) is 9.47 Å². The van der Waals surface area contributed by atoms with Crippen molar-refractivity contribution in [3.8, 4) is 17.2 Å². The number of hydrogen-bond donors (Lipinski definition) is 4. The molecule has 4 amide bonds. The third-order valence-electron chi connectivity index (χ3n) is 6.28. The number of carbonyl (C=O) groups excluding carboxylic acids is 2. The molecule has 3 aromatic rings. The van der Waals surface area contributed by atoms with Gasteiger partial charge in [-0.1, -0.05) is 0 Å². The average molecular weight is 515 g/mol. The molecule has 1 saturated carbocycles. The maximum atomic E-state index is 13.5. The van der Waals surface area contributed by atoms with Crippen LogP contribution in [0.5, 0.6) is 17.2 Å². The Morgan fingerprint density at radius 2 is 2.00 bits per heavy atom. The Kier molecular flexibility index (Phi) is 5.10. The molecule has 1 aliphatic carbocycles. The minimum atomic E-state index is -4.89. The van der Waals surface area contributed by atoms with Crippen LogP contribution in [0.1, 0.15) is 22.6 Å². The molecule has 1 fully saturated rings. The van der Waals surface area contributed by atoms with E-state index in [-0.39, 0.29) is 30.3 Å². The number of aromatic nitrogens is 1. The zero-order valence-corrected chi connectivity index (χ0v) is 18.7. The van der Waals surface area contributed by atoms with E-state index < -0.39 is 29.6 Å². The van der Waals surface area contributed by atoms with Crippen LogP contribution < -0.4 is 30.7 Å². The molecule has 0 saturated heterocycles. The highest BCUT2D eigenvalue weighted by Crippen LogP contribution is 2.54. The molecule has 2 aliphatic heterocycles. The van der Waals surface area contributed by atoms with Gasteiger partial charge in [0.15, 0.2) is 0 Å². The molecule has 0 spiro atoms. The molecule has 3 atom stereocenters. The maximum Gasteiger partial charge on any atom is 0.419 e. The monoisotopic (exact) mass is 515 g/mol. The first-order valence-corrected chi connectivity index (χ1v) is 11.1. The summed E-state index contributed by atoms with van der Waals surface area (Å²) in [6.45, 7) is 0.253. The predicted octanol–water partition coefficient (Wildman–Crippen LogP) is 4.72. The van der Waals surface area contributed by atoms with Crippen LogP contribution in [0.15, 0.2) is 48.7 Å². The summed E-state index contributed by atoms with van der Waals surface area (Å²) < 4.78 is 64.2. The van der Waals surface area contributed by atoms with Gasteiger partial charge in [0, 0.05) is 17.4 Å². The molecule has 9 nitrogen and oxygen atoms in total. The Balaban J connectivity index is 1.13. The predicted molar refractivity (Wildman–Crippen MR) is 121 cm³/mol. The first kappa shape index (κ1) is 22.9. The van der Waals surface area contributed by atoms with E-state index in [9.17, 15) is 27.2 Å². The van der Waals surface area contributed by atoms with Crippen LogP contribution in [-0.4, -0.2) is 29.2 Å².